The van der Waals surface area contributed by atoms with Crippen LogP contribution in [0.3, 0.4) is 0 Å². The molecule has 2 heteroatoms. The van der Waals surface area contributed by atoms with Crippen LogP contribution in [0.1, 0.15) is 58.8 Å². The van der Waals surface area contributed by atoms with Crippen LogP contribution in [-0.4, -0.2) is 18.2 Å². The van der Waals surface area contributed by atoms with E-state index in [1.54, 1.807) is 0 Å². The van der Waals surface area contributed by atoms with Crippen molar-refractivity contribution in [2.45, 2.75) is 70.4 Å². The van der Waals surface area contributed by atoms with Gasteiger partial charge in [-0.05, 0) is 51.4 Å². The summed E-state index contributed by atoms with van der Waals surface area (Å²) in [5.41, 5.74) is 6.29. The van der Waals surface area contributed by atoms with Crippen molar-refractivity contribution in [2.75, 3.05) is 6.61 Å². The predicted octanol–water partition coefficient (Wildman–Crippen LogP) is 3.10. The first-order valence-corrected chi connectivity index (χ1v) is 6.97. The van der Waals surface area contributed by atoms with Crippen LogP contribution < -0.4 is 5.73 Å². The van der Waals surface area contributed by atoms with Crippen LogP contribution in [0.5, 0.6) is 0 Å². The Morgan fingerprint density at radius 2 is 2.12 bits per heavy atom. The van der Waals surface area contributed by atoms with Crippen molar-refractivity contribution in [3.63, 3.8) is 0 Å². The van der Waals surface area contributed by atoms with Gasteiger partial charge in [-0.1, -0.05) is 6.92 Å². The number of unbranched alkanes of at least 4 members (excludes halogenated alkanes) is 1. The summed E-state index contributed by atoms with van der Waals surface area (Å²) in [4.78, 5) is 0. The molecule has 1 atom stereocenters. The zero-order chi connectivity index (χ0) is 12.7. The van der Waals surface area contributed by atoms with Crippen molar-refractivity contribution in [1.82, 2.24) is 0 Å². The Kier molecular flexibility index (Phi) is 6.02. The Morgan fingerprint density at radius 3 is 2.65 bits per heavy atom. The first kappa shape index (κ1) is 14.5. The van der Waals surface area contributed by atoms with Gasteiger partial charge in [-0.25, -0.2) is 0 Å². The molecular weight excluding hydrogens is 210 g/mol. The van der Waals surface area contributed by atoms with E-state index >= 15 is 0 Å². The van der Waals surface area contributed by atoms with E-state index in [4.69, 9.17) is 16.9 Å². The van der Waals surface area contributed by atoms with E-state index < -0.39 is 0 Å². The average molecular weight is 237 g/mol. The maximum atomic E-state index is 6.36. The second-order valence-corrected chi connectivity index (χ2v) is 5.38. The van der Waals surface area contributed by atoms with Gasteiger partial charge in [0.15, 0.2) is 0 Å². The van der Waals surface area contributed by atoms with E-state index in [0.717, 1.165) is 44.6 Å². The van der Waals surface area contributed by atoms with Gasteiger partial charge in [0.1, 0.15) is 0 Å². The van der Waals surface area contributed by atoms with Crippen LogP contribution in [0.15, 0.2) is 0 Å². The van der Waals surface area contributed by atoms with Crippen LogP contribution in [-0.2, 0) is 4.74 Å². The summed E-state index contributed by atoms with van der Waals surface area (Å²) >= 11 is 0. The number of hydrogen-bond acceptors (Lipinski definition) is 2. The molecule has 0 bridgehead atoms. The lowest BCUT2D eigenvalue weighted by atomic mass is 9.74. The highest BCUT2D eigenvalue weighted by Gasteiger charge is 2.39. The molecule has 0 spiro atoms. The third-order valence-corrected chi connectivity index (χ3v) is 4.06. The molecular formula is C15H27NO. The summed E-state index contributed by atoms with van der Waals surface area (Å²) in [6.45, 7) is 5.14. The Labute approximate surface area is 106 Å². The van der Waals surface area contributed by atoms with Gasteiger partial charge in [0.05, 0.1) is 5.60 Å². The summed E-state index contributed by atoms with van der Waals surface area (Å²) < 4.78 is 6.03. The van der Waals surface area contributed by atoms with E-state index in [9.17, 15) is 0 Å². The second kappa shape index (κ2) is 7.03. The van der Waals surface area contributed by atoms with Gasteiger partial charge in [0.2, 0.25) is 0 Å². The number of terminal acetylenes is 1. The molecule has 98 valence electrons. The van der Waals surface area contributed by atoms with Crippen molar-refractivity contribution in [3.8, 4) is 12.3 Å². The van der Waals surface area contributed by atoms with Crippen LogP contribution in [0.2, 0.25) is 0 Å². The molecule has 0 aromatic rings. The van der Waals surface area contributed by atoms with E-state index in [2.05, 4.69) is 19.8 Å². The maximum Gasteiger partial charge on any atom is 0.0832 e. The lowest BCUT2D eigenvalue weighted by Gasteiger charge is -2.43. The zero-order valence-corrected chi connectivity index (χ0v) is 11.4. The first-order valence-electron chi connectivity index (χ1n) is 6.97. The molecule has 0 radical (unpaired) electrons. The van der Waals surface area contributed by atoms with Crippen LogP contribution >= 0.6 is 0 Å². The highest BCUT2D eigenvalue weighted by Crippen LogP contribution is 2.37. The number of ether oxygens (including phenoxy) is 1. The molecule has 1 rings (SSSR count). The number of rotatable bonds is 6. The van der Waals surface area contributed by atoms with E-state index in [-0.39, 0.29) is 11.6 Å². The smallest absolute Gasteiger partial charge is 0.0832 e. The molecule has 2 nitrogen and oxygen atoms in total. The Morgan fingerprint density at radius 1 is 1.47 bits per heavy atom. The molecule has 0 aliphatic heterocycles. The molecule has 1 unspecified atom stereocenters. The molecule has 1 saturated carbocycles. The molecule has 0 aromatic carbocycles. The van der Waals surface area contributed by atoms with Crippen molar-refractivity contribution in [3.05, 3.63) is 0 Å². The van der Waals surface area contributed by atoms with E-state index in [1.807, 2.05) is 0 Å². The molecule has 1 fully saturated rings. The normalized spacial score (nSPS) is 30.8. The molecule has 2 N–H and O–H groups in total. The highest BCUT2D eigenvalue weighted by atomic mass is 16.5. The summed E-state index contributed by atoms with van der Waals surface area (Å²) in [6, 6.07) is 0.142. The maximum absolute atomic E-state index is 6.36. The Hall–Kier alpha value is -0.520. The minimum Gasteiger partial charge on any atom is -0.374 e. The Bertz CT molecular complexity index is 248. The standard InChI is InChI=1S/C15H27NO/c1-4-6-7-8-14(16)15(17-5-2)11-9-13(3)10-12-15/h1,13-14H,5-12,16H2,2-3H3. The van der Waals surface area contributed by atoms with Gasteiger partial charge < -0.3 is 10.5 Å². The third-order valence-electron chi connectivity index (χ3n) is 4.06. The second-order valence-electron chi connectivity index (χ2n) is 5.38. The minimum absolute atomic E-state index is 0.0736. The summed E-state index contributed by atoms with van der Waals surface area (Å²) in [5, 5.41) is 0. The lowest BCUT2D eigenvalue weighted by molar-refractivity contribution is -0.0900. The van der Waals surface area contributed by atoms with Gasteiger partial charge >= 0.3 is 0 Å². The molecule has 0 amide bonds. The molecule has 0 saturated heterocycles. The van der Waals surface area contributed by atoms with Crippen molar-refractivity contribution >= 4 is 0 Å². The monoisotopic (exact) mass is 237 g/mol. The van der Waals surface area contributed by atoms with Crippen molar-refractivity contribution in [1.29, 1.82) is 0 Å². The van der Waals surface area contributed by atoms with E-state index in [1.165, 1.54) is 12.8 Å². The van der Waals surface area contributed by atoms with Gasteiger partial charge in [0.25, 0.3) is 0 Å². The molecule has 0 aromatic heterocycles. The summed E-state index contributed by atoms with van der Waals surface area (Å²) in [7, 11) is 0. The highest BCUT2D eigenvalue weighted by molar-refractivity contribution is 4.95. The van der Waals surface area contributed by atoms with Gasteiger partial charge in [0, 0.05) is 19.1 Å². The van der Waals surface area contributed by atoms with Gasteiger partial charge in [-0.15, -0.1) is 12.3 Å². The average Bonchev–Trinajstić information content (AvgIpc) is 2.33. The summed E-state index contributed by atoms with van der Waals surface area (Å²) in [5.74, 6) is 3.50. The number of nitrogens with two attached hydrogens (primary N) is 1. The SMILES string of the molecule is C#CCCCC(N)C1(OCC)CCC(C)CC1. The van der Waals surface area contributed by atoms with Crippen molar-refractivity contribution < 1.29 is 4.74 Å². The van der Waals surface area contributed by atoms with Crippen LogP contribution in [0.25, 0.3) is 0 Å². The van der Waals surface area contributed by atoms with Crippen LogP contribution in [0, 0.1) is 18.3 Å². The molecule has 1 aliphatic rings. The van der Waals surface area contributed by atoms with Crippen LogP contribution in [0.4, 0.5) is 0 Å². The fourth-order valence-corrected chi connectivity index (χ4v) is 2.85. The quantitative estimate of drug-likeness (QED) is 0.569. The topological polar surface area (TPSA) is 35.2 Å². The van der Waals surface area contributed by atoms with Gasteiger partial charge in [-0.3, -0.25) is 0 Å². The lowest BCUT2D eigenvalue weighted by Crippen LogP contribution is -2.52. The fourth-order valence-electron chi connectivity index (χ4n) is 2.85. The van der Waals surface area contributed by atoms with Gasteiger partial charge in [-0.2, -0.15) is 0 Å². The van der Waals surface area contributed by atoms with Crippen molar-refractivity contribution in [2.24, 2.45) is 11.7 Å². The summed E-state index contributed by atoms with van der Waals surface area (Å²) in [6.07, 6.45) is 12.8. The largest absolute Gasteiger partial charge is 0.374 e. The molecule has 1 aliphatic carbocycles. The Balaban J connectivity index is 2.54. The third kappa shape index (κ3) is 4.01. The molecule has 17 heavy (non-hydrogen) atoms. The predicted molar refractivity (Wildman–Crippen MR) is 72.6 cm³/mol. The minimum atomic E-state index is -0.0736. The van der Waals surface area contributed by atoms with E-state index in [0.29, 0.717) is 0 Å². The first-order chi connectivity index (χ1) is 8.14. The fraction of sp³-hybridized carbons (Fsp3) is 0.867. The molecule has 0 heterocycles. The number of hydrogen-bond donors (Lipinski definition) is 1. The zero-order valence-electron chi connectivity index (χ0n) is 11.4.